The van der Waals surface area contributed by atoms with E-state index in [0.29, 0.717) is 30.4 Å². The highest BCUT2D eigenvalue weighted by Gasteiger charge is 2.42. The summed E-state index contributed by atoms with van der Waals surface area (Å²) in [7, 11) is 0. The predicted molar refractivity (Wildman–Crippen MR) is 135 cm³/mol. The lowest BCUT2D eigenvalue weighted by molar-refractivity contribution is -0.178. The van der Waals surface area contributed by atoms with E-state index in [2.05, 4.69) is 0 Å². The van der Waals surface area contributed by atoms with Crippen LogP contribution in [0.15, 0.2) is 84.9 Å². The molecule has 4 rings (SSSR count). The molecule has 0 amide bonds. The Balaban J connectivity index is 1.58. The quantitative estimate of drug-likeness (QED) is 0.295. The number of rotatable bonds is 11. The van der Waals surface area contributed by atoms with E-state index in [0.717, 1.165) is 11.1 Å². The lowest BCUT2D eigenvalue weighted by atomic mass is 9.98. The van der Waals surface area contributed by atoms with E-state index in [1.807, 2.05) is 74.5 Å². The van der Waals surface area contributed by atoms with Crippen molar-refractivity contribution in [3.05, 3.63) is 107 Å². The topological polar surface area (TPSA) is 54.0 Å². The number of carbonyl (C=O) groups is 1. The maximum atomic E-state index is 13.3. The predicted octanol–water partition coefficient (Wildman–Crippen LogP) is 6.24. The number of hydrogen-bond donors (Lipinski definition) is 0. The summed E-state index contributed by atoms with van der Waals surface area (Å²) in [6.07, 6.45) is -1.36. The minimum atomic E-state index is -0.736. The van der Waals surface area contributed by atoms with E-state index in [4.69, 9.17) is 30.5 Å². The molecule has 35 heavy (non-hydrogen) atoms. The number of carbonyl (C=O) groups excluding carboxylic acids is 1. The molecule has 5 nitrogen and oxygen atoms in total. The first-order valence-corrected chi connectivity index (χ1v) is 12.2. The number of benzene rings is 3. The molecule has 3 atom stereocenters. The molecule has 0 spiro atoms. The van der Waals surface area contributed by atoms with Gasteiger partial charge < -0.3 is 18.9 Å². The highest BCUT2D eigenvalue weighted by Crippen LogP contribution is 2.30. The maximum Gasteiger partial charge on any atom is 0.165 e. The van der Waals surface area contributed by atoms with Gasteiger partial charge in [0, 0.05) is 17.0 Å². The van der Waals surface area contributed by atoms with Crippen LogP contribution in [0.5, 0.6) is 0 Å². The molecule has 6 heteroatoms. The van der Waals surface area contributed by atoms with Gasteiger partial charge in [0.1, 0.15) is 12.2 Å². The number of hydrogen-bond acceptors (Lipinski definition) is 5. The molecule has 0 aliphatic carbocycles. The van der Waals surface area contributed by atoms with Crippen molar-refractivity contribution >= 4 is 17.4 Å². The maximum absolute atomic E-state index is 13.3. The lowest BCUT2D eigenvalue weighted by Crippen LogP contribution is -2.44. The summed E-state index contributed by atoms with van der Waals surface area (Å²) >= 11 is 6.14. The van der Waals surface area contributed by atoms with Gasteiger partial charge in [-0.15, -0.1) is 0 Å². The van der Waals surface area contributed by atoms with E-state index < -0.39 is 18.0 Å². The van der Waals surface area contributed by atoms with Gasteiger partial charge in [-0.05, 0) is 37.1 Å². The fraction of sp³-hybridized carbons (Fsp3) is 0.345. The Morgan fingerprint density at radius 3 is 2.14 bits per heavy atom. The van der Waals surface area contributed by atoms with Crippen molar-refractivity contribution in [3.8, 4) is 0 Å². The summed E-state index contributed by atoms with van der Waals surface area (Å²) < 4.78 is 24.8. The van der Waals surface area contributed by atoms with E-state index >= 15 is 0 Å². The van der Waals surface area contributed by atoms with Crippen molar-refractivity contribution in [2.24, 2.45) is 0 Å². The van der Waals surface area contributed by atoms with Crippen molar-refractivity contribution in [1.29, 1.82) is 0 Å². The van der Waals surface area contributed by atoms with Crippen LogP contribution in [0.1, 0.15) is 41.8 Å². The van der Waals surface area contributed by atoms with Gasteiger partial charge in [-0.3, -0.25) is 4.79 Å². The molecule has 0 radical (unpaired) electrons. The van der Waals surface area contributed by atoms with E-state index in [9.17, 15) is 4.79 Å². The summed E-state index contributed by atoms with van der Waals surface area (Å²) in [5.41, 5.74) is 2.58. The van der Waals surface area contributed by atoms with Gasteiger partial charge in [-0.1, -0.05) is 84.4 Å². The Labute approximate surface area is 211 Å². The normalized spacial score (nSPS) is 18.8. The molecule has 3 aromatic rings. The minimum absolute atomic E-state index is 0.0722. The first-order valence-electron chi connectivity index (χ1n) is 11.8. The molecule has 1 heterocycles. The highest BCUT2D eigenvalue weighted by molar-refractivity contribution is 6.31. The molecule has 0 N–H and O–H groups in total. The van der Waals surface area contributed by atoms with E-state index in [1.165, 1.54) is 0 Å². The molecule has 3 aromatic carbocycles. The number of ether oxygens (including phenoxy) is 4. The fourth-order valence-corrected chi connectivity index (χ4v) is 4.30. The SMILES string of the molecule is CC1(C)OC[C@H]([C@@H](OCc2ccccc2)[C@@H](CC(=O)c2cccc(Cl)c2)OCc2ccccc2)O1. The third-order valence-corrected chi connectivity index (χ3v) is 6.12. The third kappa shape index (κ3) is 7.47. The summed E-state index contributed by atoms with van der Waals surface area (Å²) in [5.74, 6) is -0.808. The molecule has 1 aliphatic rings. The average molecular weight is 495 g/mol. The van der Waals surface area contributed by atoms with Crippen LogP contribution < -0.4 is 0 Å². The summed E-state index contributed by atoms with van der Waals surface area (Å²) in [6.45, 7) is 4.80. The van der Waals surface area contributed by atoms with Crippen molar-refractivity contribution < 1.29 is 23.7 Å². The van der Waals surface area contributed by atoms with Crippen molar-refractivity contribution in [2.75, 3.05) is 6.61 Å². The third-order valence-electron chi connectivity index (χ3n) is 5.89. The van der Waals surface area contributed by atoms with Crippen LogP contribution in [-0.2, 0) is 32.2 Å². The molecular weight excluding hydrogens is 464 g/mol. The summed E-state index contributed by atoms with van der Waals surface area (Å²) in [4.78, 5) is 13.3. The Morgan fingerprint density at radius 2 is 1.57 bits per heavy atom. The highest BCUT2D eigenvalue weighted by atomic mass is 35.5. The molecular formula is C29H31ClO5. The van der Waals surface area contributed by atoms with Crippen LogP contribution in [0, 0.1) is 0 Å². The van der Waals surface area contributed by atoms with Crippen LogP contribution in [0.4, 0.5) is 0 Å². The van der Waals surface area contributed by atoms with Crippen molar-refractivity contribution in [1.82, 2.24) is 0 Å². The second-order valence-corrected chi connectivity index (χ2v) is 9.54. The number of Topliss-reactive ketones (excluding diaryl/α,β-unsaturated/α-hetero) is 1. The van der Waals surface area contributed by atoms with Gasteiger partial charge >= 0.3 is 0 Å². The number of ketones is 1. The van der Waals surface area contributed by atoms with Crippen LogP contribution in [0.3, 0.4) is 0 Å². The summed E-state index contributed by atoms with van der Waals surface area (Å²) in [5, 5.41) is 0.517. The van der Waals surface area contributed by atoms with Gasteiger partial charge in [-0.25, -0.2) is 0 Å². The van der Waals surface area contributed by atoms with Gasteiger partial charge in [0.15, 0.2) is 11.6 Å². The fourth-order valence-electron chi connectivity index (χ4n) is 4.11. The standard InChI is InChI=1S/C29H31ClO5/c1-29(2)34-20-27(35-29)28(33-19-22-12-7-4-8-13-22)26(32-18-21-10-5-3-6-11-21)17-25(31)23-14-9-15-24(30)16-23/h3-16,26-28H,17-20H2,1-2H3/t26-,27-,28+/m1/s1. The first kappa shape index (κ1) is 25.5. The van der Waals surface area contributed by atoms with E-state index in [-0.39, 0.29) is 18.3 Å². The van der Waals surface area contributed by atoms with Crippen LogP contribution >= 0.6 is 11.6 Å². The van der Waals surface area contributed by atoms with Crippen LogP contribution in [0.2, 0.25) is 5.02 Å². The molecule has 1 saturated heterocycles. The van der Waals surface area contributed by atoms with Crippen LogP contribution in [0.25, 0.3) is 0 Å². The minimum Gasteiger partial charge on any atom is -0.370 e. The van der Waals surface area contributed by atoms with Crippen LogP contribution in [-0.4, -0.2) is 36.5 Å². The Hall–Kier alpha value is -2.54. The molecule has 0 aromatic heterocycles. The zero-order chi connectivity index (χ0) is 24.7. The van der Waals surface area contributed by atoms with Crippen molar-refractivity contribution in [2.45, 2.75) is 57.6 Å². The molecule has 1 fully saturated rings. The number of halogens is 1. The van der Waals surface area contributed by atoms with E-state index in [1.54, 1.807) is 24.3 Å². The Kier molecular flexibility index (Phi) is 8.71. The Bertz CT molecular complexity index is 1090. The summed E-state index contributed by atoms with van der Waals surface area (Å²) in [6, 6.07) is 26.8. The zero-order valence-electron chi connectivity index (χ0n) is 20.1. The van der Waals surface area contributed by atoms with Gasteiger partial charge in [0.2, 0.25) is 0 Å². The smallest absolute Gasteiger partial charge is 0.165 e. The second-order valence-electron chi connectivity index (χ2n) is 9.10. The second kappa shape index (κ2) is 11.9. The monoisotopic (exact) mass is 494 g/mol. The van der Waals surface area contributed by atoms with Gasteiger partial charge in [-0.2, -0.15) is 0 Å². The molecule has 1 aliphatic heterocycles. The molecule has 184 valence electrons. The van der Waals surface area contributed by atoms with Gasteiger partial charge in [0.25, 0.3) is 0 Å². The molecule has 0 bridgehead atoms. The first-order chi connectivity index (χ1) is 16.9. The average Bonchev–Trinajstić information content (AvgIpc) is 3.23. The zero-order valence-corrected chi connectivity index (χ0v) is 20.8. The lowest BCUT2D eigenvalue weighted by Gasteiger charge is -2.31. The van der Waals surface area contributed by atoms with Crippen molar-refractivity contribution in [3.63, 3.8) is 0 Å². The molecule has 0 unspecified atom stereocenters. The Morgan fingerprint density at radius 1 is 0.943 bits per heavy atom. The molecule has 0 saturated carbocycles. The largest absolute Gasteiger partial charge is 0.370 e. The van der Waals surface area contributed by atoms with Gasteiger partial charge in [0.05, 0.1) is 25.9 Å².